The average molecular weight is 929 g/mol. The van der Waals surface area contributed by atoms with Gasteiger partial charge in [0.15, 0.2) is 0 Å². The van der Waals surface area contributed by atoms with E-state index in [0.29, 0.717) is 19.3 Å². The smallest absolute Gasteiger partial charge is 0.306 e. The van der Waals surface area contributed by atoms with Crippen LogP contribution in [0.25, 0.3) is 0 Å². The van der Waals surface area contributed by atoms with Gasteiger partial charge in [-0.3, -0.25) is 9.59 Å². The van der Waals surface area contributed by atoms with Crippen molar-refractivity contribution in [2.24, 2.45) is 0 Å². The maximum Gasteiger partial charge on any atom is 0.306 e. The highest BCUT2D eigenvalue weighted by molar-refractivity contribution is 5.77. The van der Waals surface area contributed by atoms with Crippen LogP contribution in [-0.2, 0) is 14.3 Å². The molecule has 3 N–H and O–H groups in total. The number of esters is 1. The van der Waals surface area contributed by atoms with Crippen LogP contribution in [0, 0.1) is 0 Å². The quantitative estimate of drug-likeness (QED) is 0.0244. The summed E-state index contributed by atoms with van der Waals surface area (Å²) in [5.41, 5.74) is 0. The molecule has 6 heteroatoms. The number of aliphatic hydroxyl groups is 2. The highest BCUT2D eigenvalue weighted by Gasteiger charge is 2.24. The van der Waals surface area contributed by atoms with Crippen LogP contribution >= 0.6 is 0 Å². The SMILES string of the molecule is CCCCC/C=C/C=C/CCCCCCCCC(=O)OC(CCCCCCCCC/C=C/CCCCCCCC)CC(=O)NC(CO)C(O)CCCCCCCCCCCCCCCCC. The summed E-state index contributed by atoms with van der Waals surface area (Å²) in [5.74, 6) is -0.477. The van der Waals surface area contributed by atoms with Gasteiger partial charge < -0.3 is 20.3 Å². The van der Waals surface area contributed by atoms with E-state index in [2.05, 4.69) is 62.5 Å². The zero-order chi connectivity index (χ0) is 48.1. The fraction of sp³-hybridized carbons (Fsp3) is 0.867. The first kappa shape index (κ1) is 64.1. The molecule has 0 aliphatic rings. The molecule has 0 radical (unpaired) electrons. The lowest BCUT2D eigenvalue weighted by atomic mass is 10.0. The first-order valence-corrected chi connectivity index (χ1v) is 29.2. The number of hydrogen-bond donors (Lipinski definition) is 3. The Kier molecular flexibility index (Phi) is 52.5. The Bertz CT molecular complexity index is 1090. The first-order valence-electron chi connectivity index (χ1n) is 29.2. The number of amides is 1. The summed E-state index contributed by atoms with van der Waals surface area (Å²) in [7, 11) is 0. The normalized spacial score (nSPS) is 13.3. The standard InChI is InChI=1S/C60H113NO5/c1-4-7-10-13-16-19-22-25-28-29-32-33-36-39-42-45-48-51-56(66-60(65)53-50-47-44-41-38-35-31-27-24-21-18-15-12-9-6-3)54-59(64)61-57(55-62)58(63)52-49-46-43-40-37-34-30-26-23-20-17-14-11-8-5-2/h18,21,24-25,27-28,56-58,62-63H,4-17,19-20,22-23,26,29-55H2,1-3H3,(H,61,64)/b21-18+,27-24+,28-25+. The van der Waals surface area contributed by atoms with Crippen molar-refractivity contribution in [2.45, 2.75) is 328 Å². The maximum atomic E-state index is 13.3. The summed E-state index contributed by atoms with van der Waals surface area (Å²) in [4.78, 5) is 26.3. The Labute approximate surface area is 411 Å². The number of carbonyl (C=O) groups is 2. The molecule has 3 atom stereocenters. The minimum atomic E-state index is -0.790. The van der Waals surface area contributed by atoms with Crippen molar-refractivity contribution in [3.8, 4) is 0 Å². The molecule has 6 nitrogen and oxygen atoms in total. The van der Waals surface area contributed by atoms with Crippen molar-refractivity contribution in [3.05, 3.63) is 36.5 Å². The van der Waals surface area contributed by atoms with Crippen molar-refractivity contribution < 1.29 is 24.5 Å². The third kappa shape index (κ3) is 48.5. The van der Waals surface area contributed by atoms with E-state index in [4.69, 9.17) is 4.74 Å². The first-order chi connectivity index (χ1) is 32.5. The zero-order valence-corrected chi connectivity index (χ0v) is 44.3. The molecule has 0 heterocycles. The van der Waals surface area contributed by atoms with Crippen LogP contribution in [0.1, 0.15) is 310 Å². The number of nitrogens with one attached hydrogen (secondary N) is 1. The Hall–Kier alpha value is -1.92. The zero-order valence-electron chi connectivity index (χ0n) is 44.3. The lowest BCUT2D eigenvalue weighted by Crippen LogP contribution is -2.46. The van der Waals surface area contributed by atoms with Crippen LogP contribution in [0.5, 0.6) is 0 Å². The van der Waals surface area contributed by atoms with Gasteiger partial charge in [-0.1, -0.05) is 256 Å². The average Bonchev–Trinajstić information content (AvgIpc) is 3.31. The highest BCUT2D eigenvalue weighted by atomic mass is 16.5. The Morgan fingerprint density at radius 3 is 1.20 bits per heavy atom. The number of hydrogen-bond acceptors (Lipinski definition) is 5. The number of unbranched alkanes of at least 4 members (excludes halogenated alkanes) is 36. The van der Waals surface area contributed by atoms with E-state index in [1.165, 1.54) is 205 Å². The Morgan fingerprint density at radius 1 is 0.439 bits per heavy atom. The van der Waals surface area contributed by atoms with Crippen molar-refractivity contribution in [2.75, 3.05) is 6.61 Å². The number of ether oxygens (including phenoxy) is 1. The van der Waals surface area contributed by atoms with Crippen LogP contribution in [0.4, 0.5) is 0 Å². The van der Waals surface area contributed by atoms with E-state index in [0.717, 1.165) is 57.8 Å². The molecule has 0 saturated heterocycles. The summed E-state index contributed by atoms with van der Waals surface area (Å²) in [6.45, 7) is 6.48. The summed E-state index contributed by atoms with van der Waals surface area (Å²) < 4.78 is 5.96. The number of rotatable bonds is 53. The van der Waals surface area contributed by atoms with Gasteiger partial charge in [0.2, 0.25) is 5.91 Å². The monoisotopic (exact) mass is 928 g/mol. The number of allylic oxidation sites excluding steroid dienone is 6. The third-order valence-electron chi connectivity index (χ3n) is 13.5. The molecule has 0 saturated carbocycles. The molecule has 0 bridgehead atoms. The van der Waals surface area contributed by atoms with Gasteiger partial charge >= 0.3 is 5.97 Å². The summed E-state index contributed by atoms with van der Waals surface area (Å²) in [6.07, 6.45) is 64.9. The Balaban J connectivity index is 4.56. The minimum Gasteiger partial charge on any atom is -0.462 e. The lowest BCUT2D eigenvalue weighted by molar-refractivity contribution is -0.151. The molecule has 0 aromatic heterocycles. The maximum absolute atomic E-state index is 13.3. The van der Waals surface area contributed by atoms with Crippen molar-refractivity contribution in [1.29, 1.82) is 0 Å². The fourth-order valence-electron chi connectivity index (χ4n) is 9.01. The van der Waals surface area contributed by atoms with Crippen molar-refractivity contribution in [3.63, 3.8) is 0 Å². The molecule has 0 rings (SSSR count). The number of carbonyl (C=O) groups excluding carboxylic acids is 2. The molecule has 3 unspecified atom stereocenters. The van der Waals surface area contributed by atoms with Gasteiger partial charge in [-0.15, -0.1) is 0 Å². The van der Waals surface area contributed by atoms with Gasteiger partial charge in [-0.05, 0) is 77.0 Å². The van der Waals surface area contributed by atoms with E-state index in [1.54, 1.807) is 0 Å². The van der Waals surface area contributed by atoms with Crippen LogP contribution in [-0.4, -0.2) is 46.9 Å². The third-order valence-corrected chi connectivity index (χ3v) is 13.5. The second kappa shape index (κ2) is 54.0. The van der Waals surface area contributed by atoms with E-state index in [1.807, 2.05) is 0 Å². The van der Waals surface area contributed by atoms with Crippen LogP contribution in [0.2, 0.25) is 0 Å². The molecule has 0 fully saturated rings. The predicted octanol–water partition coefficient (Wildman–Crippen LogP) is 18.0. The second-order valence-corrected chi connectivity index (χ2v) is 20.1. The van der Waals surface area contributed by atoms with Gasteiger partial charge in [0.1, 0.15) is 6.10 Å². The highest BCUT2D eigenvalue weighted by Crippen LogP contribution is 2.19. The summed E-state index contributed by atoms with van der Waals surface area (Å²) >= 11 is 0. The van der Waals surface area contributed by atoms with Gasteiger partial charge in [-0.2, -0.15) is 0 Å². The Morgan fingerprint density at radius 2 is 0.773 bits per heavy atom. The van der Waals surface area contributed by atoms with E-state index < -0.39 is 18.2 Å². The minimum absolute atomic E-state index is 0.0728. The van der Waals surface area contributed by atoms with Crippen LogP contribution in [0.3, 0.4) is 0 Å². The fourth-order valence-corrected chi connectivity index (χ4v) is 9.01. The summed E-state index contributed by atoms with van der Waals surface area (Å²) in [5, 5.41) is 23.9. The summed E-state index contributed by atoms with van der Waals surface area (Å²) in [6, 6.07) is -0.704. The van der Waals surface area contributed by atoms with Crippen molar-refractivity contribution >= 4 is 11.9 Å². The predicted molar refractivity (Wildman–Crippen MR) is 287 cm³/mol. The number of aliphatic hydroxyl groups excluding tert-OH is 2. The topological polar surface area (TPSA) is 95.9 Å². The van der Waals surface area contributed by atoms with Gasteiger partial charge in [0.05, 0.1) is 25.2 Å². The van der Waals surface area contributed by atoms with Crippen LogP contribution < -0.4 is 5.32 Å². The molecule has 0 aromatic rings. The molecular weight excluding hydrogens is 815 g/mol. The molecule has 0 aliphatic heterocycles. The largest absolute Gasteiger partial charge is 0.462 e. The molecular formula is C60H113NO5. The molecule has 66 heavy (non-hydrogen) atoms. The van der Waals surface area contributed by atoms with Gasteiger partial charge in [-0.25, -0.2) is 0 Å². The van der Waals surface area contributed by atoms with E-state index in [-0.39, 0.29) is 24.9 Å². The van der Waals surface area contributed by atoms with Gasteiger partial charge in [0, 0.05) is 6.42 Å². The van der Waals surface area contributed by atoms with Gasteiger partial charge in [0.25, 0.3) is 0 Å². The molecule has 0 aliphatic carbocycles. The molecule has 388 valence electrons. The molecule has 0 aromatic carbocycles. The van der Waals surface area contributed by atoms with Crippen LogP contribution in [0.15, 0.2) is 36.5 Å². The molecule has 1 amide bonds. The van der Waals surface area contributed by atoms with E-state index in [9.17, 15) is 19.8 Å². The van der Waals surface area contributed by atoms with Crippen molar-refractivity contribution in [1.82, 2.24) is 5.32 Å². The van der Waals surface area contributed by atoms with E-state index >= 15 is 0 Å². The second-order valence-electron chi connectivity index (χ2n) is 20.1. The lowest BCUT2D eigenvalue weighted by Gasteiger charge is -2.24. The molecule has 0 spiro atoms.